The number of nitrogens with zero attached hydrogens (tertiary/aromatic N) is 2. The second kappa shape index (κ2) is 10.9. The number of sulfone groups is 1. The molecule has 1 saturated heterocycles. The van der Waals surface area contributed by atoms with Crippen molar-refractivity contribution in [1.29, 1.82) is 0 Å². The fourth-order valence-electron chi connectivity index (χ4n) is 2.95. The molecule has 11 heteroatoms. The molecule has 1 aliphatic heterocycles. The number of rotatable bonds is 6. The fourth-order valence-corrected chi connectivity index (χ4v) is 4.31. The molecule has 2 rings (SSSR count). The van der Waals surface area contributed by atoms with Crippen molar-refractivity contribution in [1.82, 2.24) is 15.5 Å². The van der Waals surface area contributed by atoms with Crippen LogP contribution in [-0.4, -0.2) is 67.8 Å². The number of guanidine groups is 1. The van der Waals surface area contributed by atoms with Gasteiger partial charge in [0, 0.05) is 25.2 Å². The molecule has 1 aromatic carbocycles. The van der Waals surface area contributed by atoms with Gasteiger partial charge in [-0.25, -0.2) is 13.4 Å². The van der Waals surface area contributed by atoms with Crippen LogP contribution in [0, 0.1) is 0 Å². The highest BCUT2D eigenvalue weighted by atomic mass is 127. The number of carbonyl (C=O) groups excluding carboxylic acids is 2. The Morgan fingerprint density at radius 3 is 2.37 bits per heavy atom. The van der Waals surface area contributed by atoms with E-state index in [1.54, 1.807) is 38.1 Å². The van der Waals surface area contributed by atoms with Gasteiger partial charge in [0.05, 0.1) is 23.6 Å². The first-order valence-corrected chi connectivity index (χ1v) is 11.1. The predicted octanol–water partition coefficient (Wildman–Crippen LogP) is 0.494. The lowest BCUT2D eigenvalue weighted by molar-refractivity contribution is -0.117. The van der Waals surface area contributed by atoms with E-state index in [1.807, 2.05) is 11.8 Å². The topological polar surface area (TPSA) is 134 Å². The summed E-state index contributed by atoms with van der Waals surface area (Å²) in [6.45, 7) is 7.05. The van der Waals surface area contributed by atoms with Crippen molar-refractivity contribution >= 4 is 51.6 Å². The van der Waals surface area contributed by atoms with Crippen LogP contribution in [0.4, 0.5) is 0 Å². The highest BCUT2D eigenvalue weighted by Crippen LogP contribution is 2.23. The molecule has 0 aromatic heterocycles. The zero-order valence-corrected chi connectivity index (χ0v) is 20.6. The molecular weight excluding hydrogens is 521 g/mol. The van der Waals surface area contributed by atoms with Crippen LogP contribution in [0.15, 0.2) is 29.3 Å². The minimum absolute atomic E-state index is 0. The molecule has 168 valence electrons. The second-order valence-electron chi connectivity index (χ2n) is 7.52. The first-order valence-electron chi connectivity index (χ1n) is 9.47. The van der Waals surface area contributed by atoms with Crippen LogP contribution >= 0.6 is 24.0 Å². The van der Waals surface area contributed by atoms with Gasteiger partial charge in [-0.2, -0.15) is 0 Å². The maximum Gasteiger partial charge on any atom is 0.251 e. The molecule has 4 N–H and O–H groups in total. The quantitative estimate of drug-likeness (QED) is 0.268. The highest BCUT2D eigenvalue weighted by Gasteiger charge is 2.40. The lowest BCUT2D eigenvalue weighted by Crippen LogP contribution is -2.57. The molecule has 0 bridgehead atoms. The van der Waals surface area contributed by atoms with Gasteiger partial charge < -0.3 is 21.3 Å². The summed E-state index contributed by atoms with van der Waals surface area (Å²) in [5.41, 5.74) is 6.34. The Labute approximate surface area is 194 Å². The van der Waals surface area contributed by atoms with E-state index in [1.165, 1.54) is 0 Å². The Balaban J connectivity index is 0.00000450. The zero-order valence-electron chi connectivity index (χ0n) is 17.5. The molecule has 1 heterocycles. The van der Waals surface area contributed by atoms with Crippen LogP contribution < -0.4 is 16.4 Å². The van der Waals surface area contributed by atoms with Gasteiger partial charge in [0.15, 0.2) is 15.8 Å². The number of nitrogens with one attached hydrogen (secondary N) is 2. The van der Waals surface area contributed by atoms with Crippen LogP contribution in [0.1, 0.15) is 36.7 Å². The van der Waals surface area contributed by atoms with E-state index in [-0.39, 0.29) is 42.2 Å². The number of halogens is 1. The largest absolute Gasteiger partial charge is 0.368 e. The summed E-state index contributed by atoms with van der Waals surface area (Å²) in [5.74, 6) is -0.212. The second-order valence-corrected chi connectivity index (χ2v) is 10.3. The van der Waals surface area contributed by atoms with Crippen molar-refractivity contribution in [3.05, 3.63) is 35.4 Å². The summed E-state index contributed by atoms with van der Waals surface area (Å²) < 4.78 is 23.6. The van der Waals surface area contributed by atoms with E-state index in [4.69, 9.17) is 5.73 Å². The van der Waals surface area contributed by atoms with E-state index < -0.39 is 20.5 Å². The van der Waals surface area contributed by atoms with E-state index in [9.17, 15) is 18.0 Å². The SMILES string of the molecule is CCNC(=NCc1ccc(C(=O)NCC(N)=O)cc1)N1CCS(=O)(=O)C(C)(C)C1.I. The minimum Gasteiger partial charge on any atom is -0.368 e. The Kier molecular flexibility index (Phi) is 9.53. The molecular formula is C19H30IN5O4S. The van der Waals surface area contributed by atoms with Crippen molar-refractivity contribution in [2.75, 3.05) is 31.9 Å². The molecule has 2 amide bonds. The Morgan fingerprint density at radius 1 is 1.20 bits per heavy atom. The van der Waals surface area contributed by atoms with E-state index in [2.05, 4.69) is 15.6 Å². The molecule has 0 radical (unpaired) electrons. The lowest BCUT2D eigenvalue weighted by Gasteiger charge is -2.39. The van der Waals surface area contributed by atoms with E-state index in [0.29, 0.717) is 37.7 Å². The molecule has 0 spiro atoms. The van der Waals surface area contributed by atoms with Crippen LogP contribution in [-0.2, 0) is 21.2 Å². The van der Waals surface area contributed by atoms with Gasteiger partial charge >= 0.3 is 0 Å². The number of aliphatic imine (C=N–C) groups is 1. The van der Waals surface area contributed by atoms with Crippen molar-refractivity contribution in [3.63, 3.8) is 0 Å². The van der Waals surface area contributed by atoms with Gasteiger partial charge in [-0.15, -0.1) is 24.0 Å². The van der Waals surface area contributed by atoms with Crippen molar-refractivity contribution in [2.24, 2.45) is 10.7 Å². The van der Waals surface area contributed by atoms with Crippen LogP contribution in [0.3, 0.4) is 0 Å². The van der Waals surface area contributed by atoms with Gasteiger partial charge in [0.1, 0.15) is 0 Å². The number of primary amides is 1. The van der Waals surface area contributed by atoms with Gasteiger partial charge in [-0.05, 0) is 38.5 Å². The summed E-state index contributed by atoms with van der Waals surface area (Å²) in [6, 6.07) is 6.89. The van der Waals surface area contributed by atoms with Gasteiger partial charge in [-0.1, -0.05) is 12.1 Å². The third-order valence-electron chi connectivity index (χ3n) is 4.73. The lowest BCUT2D eigenvalue weighted by atomic mass is 10.1. The highest BCUT2D eigenvalue weighted by molar-refractivity contribution is 14.0. The Morgan fingerprint density at radius 2 is 1.83 bits per heavy atom. The summed E-state index contributed by atoms with van der Waals surface area (Å²) in [7, 11) is -3.12. The summed E-state index contributed by atoms with van der Waals surface area (Å²) in [5, 5.41) is 5.65. The molecule has 0 atom stereocenters. The molecule has 1 aromatic rings. The zero-order chi connectivity index (χ0) is 21.7. The minimum atomic E-state index is -3.12. The molecule has 1 aliphatic rings. The third-order valence-corrected chi connectivity index (χ3v) is 7.26. The van der Waals surface area contributed by atoms with E-state index >= 15 is 0 Å². The number of benzene rings is 1. The average molecular weight is 551 g/mol. The van der Waals surface area contributed by atoms with Gasteiger partial charge in [0.25, 0.3) is 5.91 Å². The maximum absolute atomic E-state index is 12.2. The smallest absolute Gasteiger partial charge is 0.251 e. The standard InChI is InChI=1S/C19H29N5O4S.HI/c1-4-21-18(24-9-10-29(27,28)19(2,3)13-24)23-11-14-5-7-15(8-6-14)17(26)22-12-16(20)25;/h5-8H,4,9-13H2,1-3H3,(H2,20,25)(H,21,23)(H,22,26);1H. The van der Waals surface area contributed by atoms with E-state index in [0.717, 1.165) is 5.56 Å². The number of carbonyl (C=O) groups is 2. The fraction of sp³-hybridized carbons (Fsp3) is 0.526. The molecule has 30 heavy (non-hydrogen) atoms. The third kappa shape index (κ3) is 6.83. The average Bonchev–Trinajstić information content (AvgIpc) is 2.66. The van der Waals surface area contributed by atoms with Crippen LogP contribution in [0.5, 0.6) is 0 Å². The molecule has 1 fully saturated rings. The van der Waals surface area contributed by atoms with Crippen LogP contribution in [0.2, 0.25) is 0 Å². The van der Waals surface area contributed by atoms with Gasteiger partial charge in [-0.3, -0.25) is 9.59 Å². The van der Waals surface area contributed by atoms with Crippen molar-refractivity contribution < 1.29 is 18.0 Å². The monoisotopic (exact) mass is 551 g/mol. The number of hydrogen-bond acceptors (Lipinski definition) is 5. The first-order chi connectivity index (χ1) is 13.6. The molecule has 9 nitrogen and oxygen atoms in total. The van der Waals surface area contributed by atoms with Crippen molar-refractivity contribution in [2.45, 2.75) is 32.1 Å². The summed E-state index contributed by atoms with van der Waals surface area (Å²) >= 11 is 0. The van der Waals surface area contributed by atoms with Crippen molar-refractivity contribution in [3.8, 4) is 0 Å². The Bertz CT molecular complexity index is 885. The maximum atomic E-state index is 12.2. The molecule has 0 saturated carbocycles. The predicted molar refractivity (Wildman–Crippen MR) is 128 cm³/mol. The molecule has 0 aliphatic carbocycles. The Hall–Kier alpha value is -1.89. The van der Waals surface area contributed by atoms with Crippen LogP contribution in [0.25, 0.3) is 0 Å². The number of nitrogens with two attached hydrogens (primary N) is 1. The number of amides is 2. The van der Waals surface area contributed by atoms with Gasteiger partial charge in [0.2, 0.25) is 5.91 Å². The number of hydrogen-bond donors (Lipinski definition) is 3. The summed E-state index contributed by atoms with van der Waals surface area (Å²) in [6.07, 6.45) is 0. The molecule has 0 unspecified atom stereocenters. The summed E-state index contributed by atoms with van der Waals surface area (Å²) in [4.78, 5) is 29.3. The first kappa shape index (κ1) is 26.1. The normalized spacial score (nSPS) is 17.6.